The monoisotopic (exact) mass is 306 g/mol. The number of nitrogens with one attached hydrogen (secondary N) is 2. The minimum Gasteiger partial charge on any atom is -0.334 e. The summed E-state index contributed by atoms with van der Waals surface area (Å²) in [5, 5.41) is 10.2. The molecular formula is C13H14N4O3S. The van der Waals surface area contributed by atoms with Crippen LogP contribution in [0.5, 0.6) is 0 Å². The highest BCUT2D eigenvalue weighted by molar-refractivity contribution is 7.89. The Morgan fingerprint density at radius 3 is 2.48 bits per heavy atom. The van der Waals surface area contributed by atoms with E-state index in [1.165, 1.54) is 24.3 Å². The van der Waals surface area contributed by atoms with Gasteiger partial charge in [0.2, 0.25) is 10.0 Å². The van der Waals surface area contributed by atoms with Crippen molar-refractivity contribution in [3.05, 3.63) is 54.4 Å². The quantitative estimate of drug-likeness (QED) is 0.783. The fourth-order valence-electron chi connectivity index (χ4n) is 1.59. The van der Waals surface area contributed by atoms with E-state index in [2.05, 4.69) is 15.6 Å². The molecule has 1 aromatic heterocycles. The molecule has 21 heavy (non-hydrogen) atoms. The first-order valence-electron chi connectivity index (χ1n) is 6.02. The van der Waals surface area contributed by atoms with Gasteiger partial charge in [0.15, 0.2) is 0 Å². The molecule has 0 fully saturated rings. The zero-order chi connectivity index (χ0) is 15.3. The molecule has 0 saturated carbocycles. The van der Waals surface area contributed by atoms with Crippen molar-refractivity contribution in [1.29, 1.82) is 0 Å². The lowest BCUT2D eigenvalue weighted by Crippen LogP contribution is -2.28. The average Bonchev–Trinajstić information content (AvgIpc) is 2.46. The van der Waals surface area contributed by atoms with Crippen LogP contribution in [-0.2, 0) is 16.6 Å². The van der Waals surface area contributed by atoms with Crippen molar-refractivity contribution in [2.24, 2.45) is 5.14 Å². The molecular weight excluding hydrogens is 292 g/mol. The second kappa shape index (κ2) is 6.33. The zero-order valence-corrected chi connectivity index (χ0v) is 11.8. The van der Waals surface area contributed by atoms with Gasteiger partial charge >= 0.3 is 6.03 Å². The van der Waals surface area contributed by atoms with E-state index in [4.69, 9.17) is 5.14 Å². The average molecular weight is 306 g/mol. The zero-order valence-electron chi connectivity index (χ0n) is 11.0. The predicted octanol–water partition coefficient (Wildman–Crippen LogP) is 1.05. The van der Waals surface area contributed by atoms with E-state index in [-0.39, 0.29) is 4.90 Å². The fourth-order valence-corrected chi connectivity index (χ4v) is 2.10. The Bertz CT molecular complexity index is 715. The molecule has 0 bridgehead atoms. The summed E-state index contributed by atoms with van der Waals surface area (Å²) in [6.07, 6.45) is 3.30. The van der Waals surface area contributed by atoms with Crippen LogP contribution in [0.25, 0.3) is 0 Å². The third kappa shape index (κ3) is 4.55. The second-order valence-electron chi connectivity index (χ2n) is 4.24. The standard InChI is InChI=1S/C13H14N4O3S/c14-21(19,20)12-5-3-11(4-6-12)17-13(18)16-9-10-2-1-7-15-8-10/h1-8H,9H2,(H2,14,19,20)(H2,16,17,18). The molecule has 0 saturated heterocycles. The van der Waals surface area contributed by atoms with Crippen molar-refractivity contribution in [3.8, 4) is 0 Å². The molecule has 2 rings (SSSR count). The number of benzene rings is 1. The molecule has 0 aliphatic heterocycles. The van der Waals surface area contributed by atoms with Crippen molar-refractivity contribution in [2.75, 3.05) is 5.32 Å². The molecule has 0 spiro atoms. The molecule has 8 heteroatoms. The van der Waals surface area contributed by atoms with Crippen LogP contribution in [0, 0.1) is 0 Å². The smallest absolute Gasteiger partial charge is 0.319 e. The molecule has 2 amide bonds. The predicted molar refractivity (Wildman–Crippen MR) is 77.9 cm³/mol. The van der Waals surface area contributed by atoms with Gasteiger partial charge in [0.05, 0.1) is 4.90 Å². The van der Waals surface area contributed by atoms with Crippen LogP contribution in [0.3, 0.4) is 0 Å². The van der Waals surface area contributed by atoms with Gasteiger partial charge in [-0.05, 0) is 35.9 Å². The third-order valence-corrected chi connectivity index (χ3v) is 3.55. The number of carbonyl (C=O) groups is 1. The highest BCUT2D eigenvalue weighted by atomic mass is 32.2. The summed E-state index contributed by atoms with van der Waals surface area (Å²) in [4.78, 5) is 15.6. The number of hydrogen-bond donors (Lipinski definition) is 3. The number of nitrogens with zero attached hydrogens (tertiary/aromatic N) is 1. The van der Waals surface area contributed by atoms with Crippen molar-refractivity contribution in [2.45, 2.75) is 11.4 Å². The van der Waals surface area contributed by atoms with Crippen LogP contribution in [0.1, 0.15) is 5.56 Å². The molecule has 4 N–H and O–H groups in total. The molecule has 0 radical (unpaired) electrons. The van der Waals surface area contributed by atoms with Gasteiger partial charge in [0.25, 0.3) is 0 Å². The number of primary sulfonamides is 1. The lowest BCUT2D eigenvalue weighted by Gasteiger charge is -2.08. The van der Waals surface area contributed by atoms with Crippen molar-refractivity contribution >= 4 is 21.7 Å². The number of hydrogen-bond acceptors (Lipinski definition) is 4. The molecule has 0 atom stereocenters. The topological polar surface area (TPSA) is 114 Å². The van der Waals surface area contributed by atoms with Crippen LogP contribution in [0.15, 0.2) is 53.7 Å². The summed E-state index contributed by atoms with van der Waals surface area (Å²) >= 11 is 0. The van der Waals surface area contributed by atoms with Crippen LogP contribution in [0.2, 0.25) is 0 Å². The minimum absolute atomic E-state index is 0.0104. The summed E-state index contributed by atoms with van der Waals surface area (Å²) in [6, 6.07) is 8.79. The third-order valence-electron chi connectivity index (χ3n) is 2.62. The number of aromatic nitrogens is 1. The molecule has 0 aliphatic rings. The summed E-state index contributed by atoms with van der Waals surface area (Å²) in [5.74, 6) is 0. The normalized spacial score (nSPS) is 10.9. The molecule has 7 nitrogen and oxygen atoms in total. The van der Waals surface area contributed by atoms with Gasteiger partial charge in [-0.2, -0.15) is 0 Å². The number of pyridine rings is 1. The van der Waals surface area contributed by atoms with E-state index in [9.17, 15) is 13.2 Å². The Hall–Kier alpha value is -2.45. The highest BCUT2D eigenvalue weighted by Gasteiger charge is 2.07. The first kappa shape index (κ1) is 14.9. The summed E-state index contributed by atoms with van der Waals surface area (Å²) in [7, 11) is -3.73. The van der Waals surface area contributed by atoms with Crippen LogP contribution in [-0.4, -0.2) is 19.4 Å². The fraction of sp³-hybridized carbons (Fsp3) is 0.0769. The maximum absolute atomic E-state index is 11.7. The highest BCUT2D eigenvalue weighted by Crippen LogP contribution is 2.12. The van der Waals surface area contributed by atoms with E-state index >= 15 is 0 Å². The van der Waals surface area contributed by atoms with Crippen LogP contribution < -0.4 is 15.8 Å². The lowest BCUT2D eigenvalue weighted by molar-refractivity contribution is 0.251. The molecule has 2 aromatic rings. The maximum atomic E-state index is 11.7. The van der Waals surface area contributed by atoms with Gasteiger partial charge in [-0.15, -0.1) is 0 Å². The number of urea groups is 1. The van der Waals surface area contributed by atoms with Gasteiger partial charge in [0, 0.05) is 24.6 Å². The number of sulfonamides is 1. The number of nitrogens with two attached hydrogens (primary N) is 1. The second-order valence-corrected chi connectivity index (χ2v) is 5.80. The van der Waals surface area contributed by atoms with E-state index in [1.807, 2.05) is 6.07 Å². The lowest BCUT2D eigenvalue weighted by atomic mass is 10.3. The van der Waals surface area contributed by atoms with Crippen LogP contribution in [0.4, 0.5) is 10.5 Å². The Labute approximate surface area is 122 Å². The van der Waals surface area contributed by atoms with Gasteiger partial charge in [0.1, 0.15) is 0 Å². The Morgan fingerprint density at radius 2 is 1.90 bits per heavy atom. The molecule has 110 valence electrons. The SMILES string of the molecule is NS(=O)(=O)c1ccc(NC(=O)NCc2cccnc2)cc1. The van der Waals surface area contributed by atoms with Crippen molar-refractivity contribution in [3.63, 3.8) is 0 Å². The van der Waals surface area contributed by atoms with E-state index < -0.39 is 16.1 Å². The van der Waals surface area contributed by atoms with Gasteiger partial charge < -0.3 is 10.6 Å². The minimum atomic E-state index is -3.73. The Kier molecular flexibility index (Phi) is 4.51. The largest absolute Gasteiger partial charge is 0.334 e. The Balaban J connectivity index is 1.91. The summed E-state index contributed by atoms with van der Waals surface area (Å²) in [5.41, 5.74) is 1.34. The van der Waals surface area contributed by atoms with Gasteiger partial charge in [-0.1, -0.05) is 6.07 Å². The molecule has 1 heterocycles. The Morgan fingerprint density at radius 1 is 1.19 bits per heavy atom. The number of anilines is 1. The summed E-state index contributed by atoms with van der Waals surface area (Å²) < 4.78 is 22.2. The summed E-state index contributed by atoms with van der Waals surface area (Å²) in [6.45, 7) is 0.342. The number of carbonyl (C=O) groups excluding carboxylic acids is 1. The van der Waals surface area contributed by atoms with E-state index in [0.29, 0.717) is 12.2 Å². The molecule has 1 aromatic carbocycles. The van der Waals surface area contributed by atoms with Gasteiger partial charge in [-0.25, -0.2) is 18.4 Å². The first-order valence-corrected chi connectivity index (χ1v) is 7.56. The van der Waals surface area contributed by atoms with E-state index in [1.54, 1.807) is 18.5 Å². The molecule has 0 aliphatic carbocycles. The van der Waals surface area contributed by atoms with Crippen molar-refractivity contribution in [1.82, 2.24) is 10.3 Å². The van der Waals surface area contributed by atoms with Crippen LogP contribution >= 0.6 is 0 Å². The van der Waals surface area contributed by atoms with Crippen molar-refractivity contribution < 1.29 is 13.2 Å². The van der Waals surface area contributed by atoms with Gasteiger partial charge in [-0.3, -0.25) is 4.98 Å². The van der Waals surface area contributed by atoms with E-state index in [0.717, 1.165) is 5.56 Å². The molecule has 0 unspecified atom stereocenters. The number of rotatable bonds is 4. The maximum Gasteiger partial charge on any atom is 0.319 e. The first-order chi connectivity index (χ1) is 9.95. The number of amides is 2.